The monoisotopic (exact) mass is 372 g/mol. The third kappa shape index (κ3) is 3.10. The standard InChI is InChI=1S/C24H36O3/c1-15(2)14-24(26)12-10-22-21-7-5-17-13-18(27-16(3)25)6-8-19(17)20(21)9-11-23(22,24)4/h13,18-22,26H,1,5-12,14H2,2-4H3/t18?,19-,20+,21+,22-,23-,24+/m0/s1. The maximum atomic E-state index is 11.5. The van der Waals surface area contributed by atoms with E-state index < -0.39 is 5.60 Å². The highest BCUT2D eigenvalue weighted by Crippen LogP contribution is 2.65. The molecule has 0 aliphatic heterocycles. The van der Waals surface area contributed by atoms with Crippen LogP contribution in [0.2, 0.25) is 0 Å². The fraction of sp³-hybridized carbons (Fsp3) is 0.792. The molecule has 3 nitrogen and oxygen atoms in total. The first-order valence-electron chi connectivity index (χ1n) is 11.0. The summed E-state index contributed by atoms with van der Waals surface area (Å²) in [7, 11) is 0. The Labute approximate surface area is 164 Å². The fourth-order valence-corrected chi connectivity index (χ4v) is 7.50. The van der Waals surface area contributed by atoms with Crippen LogP contribution < -0.4 is 0 Å². The molecule has 4 rings (SSSR count). The summed E-state index contributed by atoms with van der Waals surface area (Å²) in [5, 5.41) is 11.5. The summed E-state index contributed by atoms with van der Waals surface area (Å²) in [6.45, 7) is 10.0. The highest BCUT2D eigenvalue weighted by Gasteiger charge is 2.61. The van der Waals surface area contributed by atoms with Gasteiger partial charge in [-0.25, -0.2) is 0 Å². The maximum Gasteiger partial charge on any atom is 0.303 e. The van der Waals surface area contributed by atoms with E-state index in [0.717, 1.165) is 55.9 Å². The van der Waals surface area contributed by atoms with E-state index in [1.165, 1.54) is 26.2 Å². The van der Waals surface area contributed by atoms with Crippen LogP contribution in [0, 0.1) is 29.1 Å². The van der Waals surface area contributed by atoms with Crippen LogP contribution in [0.1, 0.15) is 78.6 Å². The number of allylic oxidation sites excluding steroid dienone is 1. The lowest BCUT2D eigenvalue weighted by molar-refractivity contribution is -0.145. The lowest BCUT2D eigenvalue weighted by atomic mass is 9.50. The number of rotatable bonds is 3. The molecule has 0 saturated heterocycles. The van der Waals surface area contributed by atoms with Gasteiger partial charge in [0, 0.05) is 6.92 Å². The van der Waals surface area contributed by atoms with Crippen molar-refractivity contribution in [2.24, 2.45) is 29.1 Å². The summed E-state index contributed by atoms with van der Waals surface area (Å²) >= 11 is 0. The van der Waals surface area contributed by atoms with E-state index in [-0.39, 0.29) is 17.5 Å². The zero-order valence-corrected chi connectivity index (χ0v) is 17.3. The molecule has 0 radical (unpaired) electrons. The SMILES string of the molecule is C=C(C)C[C@]1(O)CC[C@H]2[C@@H]3CCC4=CC(OC(C)=O)CC[C@@H]4[C@H]3CC[C@@]21C. The van der Waals surface area contributed by atoms with Crippen molar-refractivity contribution in [3.05, 3.63) is 23.8 Å². The number of aliphatic hydroxyl groups is 1. The van der Waals surface area contributed by atoms with Gasteiger partial charge < -0.3 is 9.84 Å². The highest BCUT2D eigenvalue weighted by molar-refractivity contribution is 5.66. The average molecular weight is 373 g/mol. The van der Waals surface area contributed by atoms with E-state index in [4.69, 9.17) is 4.74 Å². The van der Waals surface area contributed by atoms with Gasteiger partial charge in [-0.3, -0.25) is 4.79 Å². The van der Waals surface area contributed by atoms with Crippen molar-refractivity contribution in [2.45, 2.75) is 90.3 Å². The Balaban J connectivity index is 1.54. The van der Waals surface area contributed by atoms with Gasteiger partial charge in [0.15, 0.2) is 0 Å². The van der Waals surface area contributed by atoms with Crippen molar-refractivity contribution in [2.75, 3.05) is 0 Å². The predicted molar refractivity (Wildman–Crippen MR) is 107 cm³/mol. The van der Waals surface area contributed by atoms with Crippen LogP contribution in [0.5, 0.6) is 0 Å². The zero-order valence-electron chi connectivity index (χ0n) is 17.3. The molecule has 4 aliphatic carbocycles. The number of carbonyl (C=O) groups excluding carboxylic acids is 1. The third-order valence-corrected chi connectivity index (χ3v) is 8.65. The molecule has 150 valence electrons. The Hall–Kier alpha value is -1.09. The Morgan fingerprint density at radius 3 is 2.67 bits per heavy atom. The average Bonchev–Trinajstić information content (AvgIpc) is 2.84. The minimum Gasteiger partial charge on any atom is -0.458 e. The van der Waals surface area contributed by atoms with E-state index in [9.17, 15) is 9.90 Å². The summed E-state index contributed by atoms with van der Waals surface area (Å²) in [6.07, 6.45) is 12.0. The third-order valence-electron chi connectivity index (χ3n) is 8.65. The first-order chi connectivity index (χ1) is 12.7. The van der Waals surface area contributed by atoms with Gasteiger partial charge in [-0.2, -0.15) is 0 Å². The number of hydrogen-bond donors (Lipinski definition) is 1. The summed E-state index contributed by atoms with van der Waals surface area (Å²) in [4.78, 5) is 11.3. The summed E-state index contributed by atoms with van der Waals surface area (Å²) in [6, 6.07) is 0. The van der Waals surface area contributed by atoms with Crippen LogP contribution in [0.4, 0.5) is 0 Å². The molecule has 3 heteroatoms. The number of esters is 1. The van der Waals surface area contributed by atoms with E-state index in [1.807, 2.05) is 0 Å². The molecule has 0 amide bonds. The van der Waals surface area contributed by atoms with Crippen molar-refractivity contribution >= 4 is 5.97 Å². The van der Waals surface area contributed by atoms with Gasteiger partial charge >= 0.3 is 5.97 Å². The largest absolute Gasteiger partial charge is 0.458 e. The topological polar surface area (TPSA) is 46.5 Å². The van der Waals surface area contributed by atoms with Gasteiger partial charge in [0.2, 0.25) is 0 Å². The van der Waals surface area contributed by atoms with Crippen LogP contribution >= 0.6 is 0 Å². The van der Waals surface area contributed by atoms with Gasteiger partial charge in [0.05, 0.1) is 5.60 Å². The maximum absolute atomic E-state index is 11.5. The second-order valence-corrected chi connectivity index (χ2v) is 10.2. The summed E-state index contributed by atoms with van der Waals surface area (Å²) in [5.74, 6) is 2.66. The molecule has 1 unspecified atom stereocenters. The molecule has 0 aromatic carbocycles. The molecular weight excluding hydrogens is 336 g/mol. The summed E-state index contributed by atoms with van der Waals surface area (Å²) < 4.78 is 5.47. The quantitative estimate of drug-likeness (QED) is 0.548. The predicted octanol–water partition coefficient (Wildman–Crippen LogP) is 5.19. The molecule has 7 atom stereocenters. The van der Waals surface area contributed by atoms with Crippen molar-refractivity contribution in [1.29, 1.82) is 0 Å². The van der Waals surface area contributed by atoms with Gasteiger partial charge in [0.1, 0.15) is 6.10 Å². The second kappa shape index (κ2) is 6.76. The number of hydrogen-bond acceptors (Lipinski definition) is 3. The lowest BCUT2D eigenvalue weighted by Gasteiger charge is -2.56. The smallest absolute Gasteiger partial charge is 0.303 e. The molecule has 0 heterocycles. The van der Waals surface area contributed by atoms with Crippen LogP contribution in [0.25, 0.3) is 0 Å². The van der Waals surface area contributed by atoms with E-state index >= 15 is 0 Å². The minimum absolute atomic E-state index is 0.00806. The van der Waals surface area contributed by atoms with Crippen molar-refractivity contribution < 1.29 is 14.6 Å². The number of ether oxygens (including phenoxy) is 1. The first kappa shape index (κ1) is 19.2. The lowest BCUT2D eigenvalue weighted by Crippen LogP contribution is -2.52. The fourth-order valence-electron chi connectivity index (χ4n) is 7.50. The van der Waals surface area contributed by atoms with Crippen LogP contribution in [-0.4, -0.2) is 22.8 Å². The second-order valence-electron chi connectivity index (χ2n) is 10.2. The van der Waals surface area contributed by atoms with Gasteiger partial charge in [-0.1, -0.05) is 18.1 Å². The molecule has 3 fully saturated rings. The zero-order chi connectivity index (χ0) is 19.4. The van der Waals surface area contributed by atoms with E-state index in [1.54, 1.807) is 5.57 Å². The van der Waals surface area contributed by atoms with Crippen molar-refractivity contribution in [3.63, 3.8) is 0 Å². The van der Waals surface area contributed by atoms with Crippen LogP contribution in [0.3, 0.4) is 0 Å². The Morgan fingerprint density at radius 2 is 1.96 bits per heavy atom. The molecule has 0 bridgehead atoms. The van der Waals surface area contributed by atoms with Gasteiger partial charge in [-0.05, 0) is 99.9 Å². The molecule has 1 N–H and O–H groups in total. The Kier molecular flexibility index (Phi) is 4.81. The number of carbonyl (C=O) groups is 1. The first-order valence-corrected chi connectivity index (χ1v) is 11.0. The molecule has 0 aromatic rings. The van der Waals surface area contributed by atoms with Crippen LogP contribution in [-0.2, 0) is 9.53 Å². The van der Waals surface area contributed by atoms with E-state index in [2.05, 4.69) is 26.5 Å². The van der Waals surface area contributed by atoms with E-state index in [0.29, 0.717) is 11.8 Å². The molecule has 4 aliphatic rings. The highest BCUT2D eigenvalue weighted by atomic mass is 16.5. The summed E-state index contributed by atoms with van der Waals surface area (Å²) in [5.41, 5.74) is 2.15. The normalized spacial score (nSPS) is 45.9. The molecule has 3 saturated carbocycles. The molecule has 0 aromatic heterocycles. The minimum atomic E-state index is -0.558. The van der Waals surface area contributed by atoms with Crippen molar-refractivity contribution in [3.8, 4) is 0 Å². The molecule has 27 heavy (non-hydrogen) atoms. The molecular formula is C24H36O3. The van der Waals surface area contributed by atoms with Crippen molar-refractivity contribution in [1.82, 2.24) is 0 Å². The van der Waals surface area contributed by atoms with Gasteiger partial charge in [-0.15, -0.1) is 6.58 Å². The Morgan fingerprint density at radius 1 is 1.19 bits per heavy atom. The number of fused-ring (bicyclic) bond motifs is 5. The van der Waals surface area contributed by atoms with Gasteiger partial charge in [0.25, 0.3) is 0 Å². The van der Waals surface area contributed by atoms with Crippen LogP contribution in [0.15, 0.2) is 23.8 Å². The molecule has 0 spiro atoms. The Bertz CT molecular complexity index is 665.